The minimum absolute atomic E-state index is 0.202. The van der Waals surface area contributed by atoms with Crippen LogP contribution in [0.3, 0.4) is 0 Å². The second kappa shape index (κ2) is 8.39. The van der Waals surface area contributed by atoms with Crippen molar-refractivity contribution in [2.24, 2.45) is 17.8 Å². The zero-order valence-corrected chi connectivity index (χ0v) is 22.3. The van der Waals surface area contributed by atoms with Gasteiger partial charge in [-0.3, -0.25) is 0 Å². The van der Waals surface area contributed by atoms with E-state index in [9.17, 15) is 5.11 Å². The molecular weight excluding hydrogens is 428 g/mol. The molecule has 4 saturated carbocycles. The number of rotatable bonds is 5. The summed E-state index contributed by atoms with van der Waals surface area (Å²) in [4.78, 5) is 2.31. The molecule has 1 N–H and O–H groups in total. The van der Waals surface area contributed by atoms with Crippen molar-refractivity contribution >= 4 is 17.7 Å². The Bertz CT molecular complexity index is 1110. The fourth-order valence-corrected chi connectivity index (χ4v) is 8.52. The zero-order valence-electron chi connectivity index (χ0n) is 22.3. The van der Waals surface area contributed by atoms with Gasteiger partial charge in [-0.25, -0.2) is 9.48 Å². The molecule has 2 aromatic rings. The van der Waals surface area contributed by atoms with Gasteiger partial charge in [-0.1, -0.05) is 52.0 Å². The van der Waals surface area contributed by atoms with Gasteiger partial charge in [-0.2, -0.15) is 0 Å². The smallest absolute Gasteiger partial charge is 0.244 e. The van der Waals surface area contributed by atoms with Gasteiger partial charge >= 0.3 is 0 Å². The number of phenolic OH excluding ortho intramolecular Hbond substituents is 1. The Kier molecular flexibility index (Phi) is 5.54. The largest absolute Gasteiger partial charge is 0.504 e. The molecule has 0 saturated heterocycles. The first-order chi connectivity index (χ1) is 16.7. The standard InChI is InChI=1S/C32H42N2O/c1-20(2)26-7-6-8-27(21(3)4)30(26)34-10-9-33(19-34)29-12-22(5)11-28(31(29)35)32-16-23-13-24(17-32)15-25(14-23)18-32/h6-8,11-12,19-21,23-25H,9-10,13-18H2,1-5H3/p+1. The van der Waals surface area contributed by atoms with Crippen LogP contribution in [0.15, 0.2) is 30.3 Å². The second-order valence-corrected chi connectivity index (χ2v) is 13.0. The van der Waals surface area contributed by atoms with E-state index in [-0.39, 0.29) is 5.41 Å². The topological polar surface area (TPSA) is 26.5 Å². The van der Waals surface area contributed by atoms with Crippen molar-refractivity contribution in [2.45, 2.75) is 90.4 Å². The van der Waals surface area contributed by atoms with Gasteiger partial charge in [0.1, 0.15) is 18.8 Å². The molecule has 0 unspecified atom stereocenters. The van der Waals surface area contributed by atoms with E-state index in [1.54, 1.807) is 0 Å². The van der Waals surface area contributed by atoms with Gasteiger partial charge in [0.05, 0.1) is 0 Å². The Morgan fingerprint density at radius 3 is 2.03 bits per heavy atom. The third kappa shape index (κ3) is 3.81. The molecule has 0 aromatic heterocycles. The third-order valence-electron chi connectivity index (χ3n) is 9.64. The predicted molar refractivity (Wildman–Crippen MR) is 146 cm³/mol. The molecule has 0 radical (unpaired) electrons. The summed E-state index contributed by atoms with van der Waals surface area (Å²) in [5.74, 6) is 4.13. The number of aryl methyl sites for hydroxylation is 1. The number of nitrogens with zero attached hydrogens (tertiary/aromatic N) is 2. The predicted octanol–water partition coefficient (Wildman–Crippen LogP) is 7.61. The Morgan fingerprint density at radius 2 is 1.49 bits per heavy atom. The summed E-state index contributed by atoms with van der Waals surface area (Å²) >= 11 is 0. The summed E-state index contributed by atoms with van der Waals surface area (Å²) in [6.45, 7) is 13.2. The Labute approximate surface area is 211 Å². The van der Waals surface area contributed by atoms with Crippen molar-refractivity contribution in [3.8, 4) is 5.75 Å². The van der Waals surface area contributed by atoms with Crippen LogP contribution in [0.4, 0.5) is 11.4 Å². The van der Waals surface area contributed by atoms with E-state index in [0.717, 1.165) is 36.5 Å². The van der Waals surface area contributed by atoms with Crippen LogP contribution in [0.2, 0.25) is 0 Å². The Hall–Kier alpha value is -2.29. The molecule has 1 aliphatic heterocycles. The van der Waals surface area contributed by atoms with Crippen molar-refractivity contribution in [2.75, 3.05) is 18.0 Å². The lowest BCUT2D eigenvalue weighted by Crippen LogP contribution is -2.48. The molecule has 186 valence electrons. The van der Waals surface area contributed by atoms with E-state index < -0.39 is 0 Å². The lowest BCUT2D eigenvalue weighted by molar-refractivity contribution is -0.425. The van der Waals surface area contributed by atoms with E-state index in [4.69, 9.17) is 0 Å². The van der Waals surface area contributed by atoms with Crippen LogP contribution in [0.25, 0.3) is 0 Å². The highest BCUT2D eigenvalue weighted by Gasteiger charge is 2.53. The number of hydrogen-bond donors (Lipinski definition) is 1. The fraction of sp³-hybridized carbons (Fsp3) is 0.594. The number of phenols is 1. The molecule has 3 nitrogen and oxygen atoms in total. The first-order valence-corrected chi connectivity index (χ1v) is 14.1. The summed E-state index contributed by atoms with van der Waals surface area (Å²) in [7, 11) is 0. The van der Waals surface area contributed by atoms with E-state index >= 15 is 0 Å². The minimum atomic E-state index is 0.202. The monoisotopic (exact) mass is 471 g/mol. The Balaban J connectivity index is 1.40. The molecule has 4 bridgehead atoms. The van der Waals surface area contributed by atoms with E-state index in [1.807, 2.05) is 0 Å². The number of anilines is 1. The van der Waals surface area contributed by atoms with Gasteiger partial charge in [-0.15, -0.1) is 0 Å². The summed E-state index contributed by atoms with van der Waals surface area (Å²) in [6.07, 6.45) is 10.4. The average molecular weight is 472 g/mol. The fourth-order valence-electron chi connectivity index (χ4n) is 8.52. The number of benzene rings is 2. The molecule has 2 aromatic carbocycles. The molecule has 0 spiro atoms. The minimum Gasteiger partial charge on any atom is -0.504 e. The molecule has 35 heavy (non-hydrogen) atoms. The molecule has 5 aliphatic rings. The van der Waals surface area contributed by atoms with Crippen LogP contribution in [-0.4, -0.2) is 29.1 Å². The number of aromatic hydroxyl groups is 1. The summed E-state index contributed by atoms with van der Waals surface area (Å²) in [5.41, 5.74) is 7.94. The molecule has 4 aliphatic carbocycles. The maximum Gasteiger partial charge on any atom is 0.244 e. The van der Waals surface area contributed by atoms with Crippen molar-refractivity contribution in [3.05, 3.63) is 52.6 Å². The maximum absolute atomic E-state index is 11.8. The lowest BCUT2D eigenvalue weighted by atomic mass is 9.48. The molecule has 7 rings (SSSR count). The second-order valence-electron chi connectivity index (χ2n) is 13.0. The highest BCUT2D eigenvalue weighted by molar-refractivity contribution is 5.83. The van der Waals surface area contributed by atoms with Gasteiger partial charge in [0, 0.05) is 16.7 Å². The van der Waals surface area contributed by atoms with Crippen LogP contribution >= 0.6 is 0 Å². The molecule has 4 fully saturated rings. The highest BCUT2D eigenvalue weighted by atomic mass is 16.3. The SMILES string of the molecule is Cc1cc(N2C=[N+](c3c(C(C)C)cccc3C(C)C)CC2)c(O)c(C23CC4CC(CC(C4)C2)C3)c1. The molecule has 1 heterocycles. The van der Waals surface area contributed by atoms with Gasteiger partial charge in [0.25, 0.3) is 0 Å². The number of para-hydroxylation sites is 1. The zero-order chi connectivity index (χ0) is 24.5. The van der Waals surface area contributed by atoms with Gasteiger partial charge in [0.2, 0.25) is 6.34 Å². The van der Waals surface area contributed by atoms with Crippen LogP contribution in [-0.2, 0) is 5.41 Å². The summed E-state index contributed by atoms with van der Waals surface area (Å²) in [6, 6.07) is 11.3. The maximum atomic E-state index is 11.8. The van der Waals surface area contributed by atoms with E-state index in [2.05, 4.69) is 80.8 Å². The van der Waals surface area contributed by atoms with Crippen LogP contribution in [0, 0.1) is 24.7 Å². The molecule has 0 amide bonds. The van der Waals surface area contributed by atoms with E-state index in [0.29, 0.717) is 17.6 Å². The lowest BCUT2D eigenvalue weighted by Gasteiger charge is -2.57. The van der Waals surface area contributed by atoms with Crippen molar-refractivity contribution < 1.29 is 9.68 Å². The van der Waals surface area contributed by atoms with Crippen molar-refractivity contribution in [1.29, 1.82) is 0 Å². The van der Waals surface area contributed by atoms with Crippen LogP contribution in [0.1, 0.15) is 100 Å². The molecule has 3 heteroatoms. The summed E-state index contributed by atoms with van der Waals surface area (Å²) in [5, 5.41) is 11.8. The van der Waals surface area contributed by atoms with E-state index in [1.165, 1.54) is 66.5 Å². The molecule has 0 atom stereocenters. The quantitative estimate of drug-likeness (QED) is 0.454. The number of hydrogen-bond acceptors (Lipinski definition) is 2. The first kappa shape index (κ1) is 23.1. The van der Waals surface area contributed by atoms with Crippen molar-refractivity contribution in [1.82, 2.24) is 0 Å². The normalized spacial score (nSPS) is 29.5. The van der Waals surface area contributed by atoms with Gasteiger partial charge in [0.15, 0.2) is 11.4 Å². The first-order valence-electron chi connectivity index (χ1n) is 14.1. The Morgan fingerprint density at radius 1 is 0.914 bits per heavy atom. The van der Waals surface area contributed by atoms with Crippen molar-refractivity contribution in [3.63, 3.8) is 0 Å². The summed E-state index contributed by atoms with van der Waals surface area (Å²) < 4.78 is 2.44. The van der Waals surface area contributed by atoms with Gasteiger partial charge in [-0.05, 0) is 92.1 Å². The highest BCUT2D eigenvalue weighted by Crippen LogP contribution is 2.62. The molecular formula is C32H43N2O+. The van der Waals surface area contributed by atoms with Crippen LogP contribution < -0.4 is 4.90 Å². The van der Waals surface area contributed by atoms with Gasteiger partial charge < -0.3 is 5.11 Å². The average Bonchev–Trinajstić information content (AvgIpc) is 3.28. The van der Waals surface area contributed by atoms with Crippen LogP contribution in [0.5, 0.6) is 5.75 Å². The third-order valence-corrected chi connectivity index (χ3v) is 9.64.